The topological polar surface area (TPSA) is 22.1 Å². The first kappa shape index (κ1) is 12.1. The lowest BCUT2D eigenvalue weighted by atomic mass is 10.1. The minimum Gasteiger partial charge on any atom is -0.491 e. The molecule has 1 aromatic carbocycles. The zero-order chi connectivity index (χ0) is 12.4. The normalized spacial score (nSPS) is 10.4. The molecule has 0 amide bonds. The molecule has 0 radical (unpaired) electrons. The van der Waals surface area contributed by atoms with Crippen LogP contribution in [0.3, 0.4) is 0 Å². The molecule has 5 heteroatoms. The van der Waals surface area contributed by atoms with Crippen LogP contribution in [0, 0.1) is 5.95 Å². The van der Waals surface area contributed by atoms with Gasteiger partial charge in [-0.15, -0.1) is 0 Å². The summed E-state index contributed by atoms with van der Waals surface area (Å²) in [6.07, 6.45) is 1.35. The molecule has 0 bridgehead atoms. The van der Waals surface area contributed by atoms with E-state index in [1.807, 2.05) is 0 Å². The van der Waals surface area contributed by atoms with Gasteiger partial charge in [0.1, 0.15) is 0 Å². The van der Waals surface area contributed by atoms with Crippen molar-refractivity contribution in [2.24, 2.45) is 0 Å². The van der Waals surface area contributed by atoms with Gasteiger partial charge in [0.15, 0.2) is 5.75 Å². The molecule has 0 fully saturated rings. The Balaban J connectivity index is 2.68. The molecule has 88 valence electrons. The lowest BCUT2D eigenvalue weighted by Gasteiger charge is -2.10. The fourth-order valence-corrected chi connectivity index (χ4v) is 1.94. The van der Waals surface area contributed by atoms with Crippen molar-refractivity contribution in [3.63, 3.8) is 0 Å². The molecule has 0 aliphatic carbocycles. The van der Waals surface area contributed by atoms with Gasteiger partial charge in [-0.25, -0.2) is 4.98 Å². The predicted octanol–water partition coefficient (Wildman–Crippen LogP) is 4.20. The molecule has 0 saturated heterocycles. The quantitative estimate of drug-likeness (QED) is 0.764. The average Bonchev–Trinajstić information content (AvgIpc) is 2.32. The van der Waals surface area contributed by atoms with Crippen molar-refractivity contribution < 1.29 is 9.13 Å². The Hall–Kier alpha value is -1.32. The highest BCUT2D eigenvalue weighted by molar-refractivity contribution is 6.43. The Morgan fingerprint density at radius 1 is 1.18 bits per heavy atom. The monoisotopic (exact) mass is 271 g/mol. The van der Waals surface area contributed by atoms with Gasteiger partial charge in [-0.05, 0) is 12.1 Å². The van der Waals surface area contributed by atoms with Crippen LogP contribution in [0.15, 0.2) is 30.5 Å². The van der Waals surface area contributed by atoms with E-state index in [2.05, 4.69) is 4.98 Å². The molecule has 2 rings (SSSR count). The fraction of sp³-hybridized carbons (Fsp3) is 0.0833. The van der Waals surface area contributed by atoms with Crippen molar-refractivity contribution in [2.75, 3.05) is 7.11 Å². The molecule has 2 nitrogen and oxygen atoms in total. The molecular formula is C12H8Cl2FNO. The van der Waals surface area contributed by atoms with Gasteiger partial charge in [0.25, 0.3) is 5.95 Å². The van der Waals surface area contributed by atoms with Crippen LogP contribution in [0.1, 0.15) is 0 Å². The number of benzene rings is 1. The van der Waals surface area contributed by atoms with Crippen LogP contribution in [0.2, 0.25) is 10.0 Å². The zero-order valence-corrected chi connectivity index (χ0v) is 10.4. The molecule has 1 heterocycles. The molecule has 0 aliphatic heterocycles. The van der Waals surface area contributed by atoms with Crippen molar-refractivity contribution >= 4 is 23.2 Å². The number of nitrogens with zero attached hydrogens (tertiary/aromatic N) is 1. The minimum atomic E-state index is -0.680. The largest absolute Gasteiger partial charge is 0.491 e. The SMILES string of the molecule is COc1c(-c2cccc(Cl)c2Cl)ccnc1F. The molecular weight excluding hydrogens is 264 g/mol. The maximum absolute atomic E-state index is 13.5. The van der Waals surface area contributed by atoms with E-state index in [1.54, 1.807) is 24.3 Å². The highest BCUT2D eigenvalue weighted by Crippen LogP contribution is 2.38. The third-order valence-corrected chi connectivity index (χ3v) is 3.13. The third-order valence-electron chi connectivity index (χ3n) is 2.31. The van der Waals surface area contributed by atoms with E-state index < -0.39 is 5.95 Å². The molecule has 17 heavy (non-hydrogen) atoms. The number of hydrogen-bond acceptors (Lipinski definition) is 2. The Labute approximate surface area is 108 Å². The van der Waals surface area contributed by atoms with E-state index in [0.717, 1.165) is 0 Å². The van der Waals surface area contributed by atoms with Crippen LogP contribution in [0.5, 0.6) is 5.75 Å². The Morgan fingerprint density at radius 2 is 1.94 bits per heavy atom. The van der Waals surface area contributed by atoms with Crippen LogP contribution in [-0.2, 0) is 0 Å². The van der Waals surface area contributed by atoms with Gasteiger partial charge in [0.2, 0.25) is 0 Å². The molecule has 0 N–H and O–H groups in total. The van der Waals surface area contributed by atoms with Crippen LogP contribution in [0.25, 0.3) is 11.1 Å². The van der Waals surface area contributed by atoms with Gasteiger partial charge in [-0.1, -0.05) is 35.3 Å². The standard InChI is InChI=1S/C12H8Cl2FNO/c1-17-11-8(5-6-16-12(11)15)7-3-2-4-9(13)10(7)14/h2-6H,1H3. The number of methoxy groups -OCH3 is 1. The summed E-state index contributed by atoms with van der Waals surface area (Å²) < 4.78 is 18.4. The molecule has 0 aliphatic rings. The highest BCUT2D eigenvalue weighted by atomic mass is 35.5. The van der Waals surface area contributed by atoms with E-state index in [0.29, 0.717) is 21.2 Å². The van der Waals surface area contributed by atoms with Crippen molar-refractivity contribution in [3.05, 3.63) is 46.5 Å². The van der Waals surface area contributed by atoms with Gasteiger partial charge >= 0.3 is 0 Å². The van der Waals surface area contributed by atoms with Gasteiger partial charge < -0.3 is 4.74 Å². The van der Waals surface area contributed by atoms with Crippen molar-refractivity contribution in [2.45, 2.75) is 0 Å². The zero-order valence-electron chi connectivity index (χ0n) is 8.88. The lowest BCUT2D eigenvalue weighted by molar-refractivity contribution is 0.379. The smallest absolute Gasteiger partial charge is 0.255 e. The summed E-state index contributed by atoms with van der Waals surface area (Å²) in [6, 6.07) is 6.77. The summed E-state index contributed by atoms with van der Waals surface area (Å²) in [5, 5.41) is 0.765. The predicted molar refractivity (Wildman–Crippen MR) is 66.2 cm³/mol. The molecule has 0 spiro atoms. The van der Waals surface area contributed by atoms with Crippen LogP contribution in [-0.4, -0.2) is 12.1 Å². The number of aromatic nitrogens is 1. The average molecular weight is 272 g/mol. The Morgan fingerprint density at radius 3 is 2.65 bits per heavy atom. The van der Waals surface area contributed by atoms with E-state index >= 15 is 0 Å². The lowest BCUT2D eigenvalue weighted by Crippen LogP contribution is -1.95. The number of halogens is 3. The van der Waals surface area contributed by atoms with E-state index in [9.17, 15) is 4.39 Å². The van der Waals surface area contributed by atoms with Gasteiger partial charge in [0, 0.05) is 17.3 Å². The second kappa shape index (κ2) is 4.90. The van der Waals surface area contributed by atoms with Gasteiger partial charge in [0.05, 0.1) is 17.2 Å². The highest BCUT2D eigenvalue weighted by Gasteiger charge is 2.15. The first-order valence-corrected chi connectivity index (χ1v) is 5.53. The van der Waals surface area contributed by atoms with E-state index in [4.69, 9.17) is 27.9 Å². The second-order valence-electron chi connectivity index (χ2n) is 3.28. The van der Waals surface area contributed by atoms with Crippen LogP contribution >= 0.6 is 23.2 Å². The minimum absolute atomic E-state index is 0.0525. The Kier molecular flexibility index (Phi) is 3.50. The van der Waals surface area contributed by atoms with Gasteiger partial charge in [-0.2, -0.15) is 4.39 Å². The van der Waals surface area contributed by atoms with Gasteiger partial charge in [-0.3, -0.25) is 0 Å². The summed E-state index contributed by atoms with van der Waals surface area (Å²) in [4.78, 5) is 3.52. The summed E-state index contributed by atoms with van der Waals surface area (Å²) in [5.74, 6) is -0.627. The number of ether oxygens (including phenoxy) is 1. The van der Waals surface area contributed by atoms with Crippen molar-refractivity contribution in [1.82, 2.24) is 4.98 Å². The number of rotatable bonds is 2. The van der Waals surface area contributed by atoms with E-state index in [-0.39, 0.29) is 5.75 Å². The molecule has 1 aromatic heterocycles. The van der Waals surface area contributed by atoms with Crippen molar-refractivity contribution in [1.29, 1.82) is 0 Å². The van der Waals surface area contributed by atoms with E-state index in [1.165, 1.54) is 13.3 Å². The van der Waals surface area contributed by atoms with Crippen molar-refractivity contribution in [3.8, 4) is 16.9 Å². The molecule has 0 saturated carbocycles. The summed E-state index contributed by atoms with van der Waals surface area (Å²) in [6.45, 7) is 0. The maximum atomic E-state index is 13.5. The third kappa shape index (κ3) is 2.21. The second-order valence-corrected chi connectivity index (χ2v) is 4.07. The van der Waals surface area contributed by atoms with Crippen LogP contribution < -0.4 is 4.74 Å². The Bertz CT molecular complexity index is 560. The summed E-state index contributed by atoms with van der Waals surface area (Å²) in [5.41, 5.74) is 1.13. The molecule has 2 aromatic rings. The summed E-state index contributed by atoms with van der Waals surface area (Å²) in [7, 11) is 1.38. The number of pyridine rings is 1. The molecule has 0 atom stereocenters. The fourth-order valence-electron chi connectivity index (χ4n) is 1.54. The number of hydrogen-bond donors (Lipinski definition) is 0. The van der Waals surface area contributed by atoms with Crippen LogP contribution in [0.4, 0.5) is 4.39 Å². The molecule has 0 unspecified atom stereocenters. The maximum Gasteiger partial charge on any atom is 0.255 e. The first-order valence-electron chi connectivity index (χ1n) is 4.78. The first-order chi connectivity index (χ1) is 8.15. The summed E-state index contributed by atoms with van der Waals surface area (Å²) >= 11 is 12.0.